The van der Waals surface area contributed by atoms with Crippen molar-refractivity contribution in [3.8, 4) is 5.88 Å². The molecule has 0 fully saturated rings. The van der Waals surface area contributed by atoms with E-state index in [1.165, 1.54) is 13.3 Å². The molecule has 1 heterocycles. The molecule has 4 N–H and O–H groups in total. The molecule has 0 unspecified atom stereocenters. The van der Waals surface area contributed by atoms with Gasteiger partial charge in [0.1, 0.15) is 0 Å². The standard InChI is InChI=1S/C11H15N3O5/c1-19-9-3-2-7(4-12-9)5-13-11(18)14-8(6-15)10(16)17/h2-4,8,15H,5-6H2,1H3,(H,16,17)(H2,13,14,18)/t8-/m1/s1. The molecular weight excluding hydrogens is 254 g/mol. The number of carboxylic acid groups (broad SMARTS) is 1. The van der Waals surface area contributed by atoms with Gasteiger partial charge >= 0.3 is 12.0 Å². The van der Waals surface area contributed by atoms with Gasteiger partial charge in [0.2, 0.25) is 5.88 Å². The Hall–Kier alpha value is -2.35. The van der Waals surface area contributed by atoms with Crippen LogP contribution in [-0.2, 0) is 11.3 Å². The number of nitrogens with zero attached hydrogens (tertiary/aromatic N) is 1. The summed E-state index contributed by atoms with van der Waals surface area (Å²) in [4.78, 5) is 25.9. The summed E-state index contributed by atoms with van der Waals surface area (Å²) in [5.41, 5.74) is 0.729. The summed E-state index contributed by atoms with van der Waals surface area (Å²) < 4.78 is 4.88. The van der Waals surface area contributed by atoms with Gasteiger partial charge < -0.3 is 25.6 Å². The molecular formula is C11H15N3O5. The number of carboxylic acids is 1. The second-order valence-corrected chi connectivity index (χ2v) is 3.61. The summed E-state index contributed by atoms with van der Waals surface area (Å²) in [5.74, 6) is -0.844. The van der Waals surface area contributed by atoms with Crippen LogP contribution in [0.2, 0.25) is 0 Å². The second-order valence-electron chi connectivity index (χ2n) is 3.61. The third kappa shape index (κ3) is 4.80. The van der Waals surface area contributed by atoms with E-state index in [4.69, 9.17) is 14.9 Å². The molecule has 0 saturated carbocycles. The Bertz CT molecular complexity index is 434. The number of nitrogens with one attached hydrogen (secondary N) is 2. The minimum absolute atomic E-state index is 0.181. The molecule has 0 aliphatic carbocycles. The summed E-state index contributed by atoms with van der Waals surface area (Å²) in [7, 11) is 1.49. The number of hydrogen-bond acceptors (Lipinski definition) is 5. The largest absolute Gasteiger partial charge is 0.481 e. The Kier molecular flexibility index (Phi) is 5.55. The van der Waals surface area contributed by atoms with Crippen LogP contribution in [-0.4, -0.2) is 47.0 Å². The van der Waals surface area contributed by atoms with Gasteiger partial charge in [-0.15, -0.1) is 0 Å². The molecule has 1 aromatic rings. The van der Waals surface area contributed by atoms with Crippen molar-refractivity contribution < 1.29 is 24.5 Å². The Balaban J connectivity index is 2.42. The molecule has 19 heavy (non-hydrogen) atoms. The molecule has 0 saturated heterocycles. The van der Waals surface area contributed by atoms with E-state index in [1.807, 2.05) is 0 Å². The zero-order valence-corrected chi connectivity index (χ0v) is 10.3. The summed E-state index contributed by atoms with van der Waals surface area (Å²) in [6.45, 7) is -0.493. The van der Waals surface area contributed by atoms with E-state index < -0.39 is 24.6 Å². The molecule has 0 bridgehead atoms. The van der Waals surface area contributed by atoms with E-state index in [1.54, 1.807) is 12.1 Å². The molecule has 0 radical (unpaired) electrons. The van der Waals surface area contributed by atoms with Gasteiger partial charge in [0.25, 0.3) is 0 Å². The highest BCUT2D eigenvalue weighted by Crippen LogP contribution is 2.05. The Morgan fingerprint density at radius 2 is 2.21 bits per heavy atom. The Morgan fingerprint density at radius 3 is 2.68 bits per heavy atom. The number of aromatic nitrogens is 1. The normalized spacial score (nSPS) is 11.5. The number of carbonyl (C=O) groups is 2. The highest BCUT2D eigenvalue weighted by Gasteiger charge is 2.18. The minimum Gasteiger partial charge on any atom is -0.481 e. The van der Waals surface area contributed by atoms with E-state index in [0.29, 0.717) is 5.88 Å². The number of pyridine rings is 1. The quantitative estimate of drug-likeness (QED) is 0.544. The predicted molar refractivity (Wildman–Crippen MR) is 64.7 cm³/mol. The molecule has 8 heteroatoms. The van der Waals surface area contributed by atoms with Crippen LogP contribution in [0.5, 0.6) is 5.88 Å². The van der Waals surface area contributed by atoms with Crippen LogP contribution < -0.4 is 15.4 Å². The van der Waals surface area contributed by atoms with Gasteiger partial charge in [0.15, 0.2) is 6.04 Å². The maximum absolute atomic E-state index is 11.4. The van der Waals surface area contributed by atoms with E-state index >= 15 is 0 Å². The van der Waals surface area contributed by atoms with Crippen molar-refractivity contribution in [2.45, 2.75) is 12.6 Å². The zero-order chi connectivity index (χ0) is 14.3. The van der Waals surface area contributed by atoms with Crippen molar-refractivity contribution in [2.75, 3.05) is 13.7 Å². The molecule has 1 aromatic heterocycles. The molecule has 0 aliphatic rings. The van der Waals surface area contributed by atoms with Gasteiger partial charge in [0, 0.05) is 18.8 Å². The molecule has 104 valence electrons. The van der Waals surface area contributed by atoms with Gasteiger partial charge in [-0.1, -0.05) is 6.07 Å². The van der Waals surface area contributed by atoms with Gasteiger partial charge in [-0.3, -0.25) is 0 Å². The van der Waals surface area contributed by atoms with E-state index in [2.05, 4.69) is 15.6 Å². The van der Waals surface area contributed by atoms with E-state index in [-0.39, 0.29) is 6.54 Å². The van der Waals surface area contributed by atoms with Gasteiger partial charge in [0.05, 0.1) is 13.7 Å². The summed E-state index contributed by atoms with van der Waals surface area (Å²) >= 11 is 0. The number of carbonyl (C=O) groups excluding carboxylic acids is 1. The summed E-state index contributed by atoms with van der Waals surface area (Å²) in [5, 5.41) is 21.9. The van der Waals surface area contributed by atoms with Crippen molar-refractivity contribution >= 4 is 12.0 Å². The monoisotopic (exact) mass is 269 g/mol. The molecule has 0 spiro atoms. The number of methoxy groups -OCH3 is 1. The van der Waals surface area contributed by atoms with Crippen LogP contribution in [0.3, 0.4) is 0 Å². The molecule has 2 amide bonds. The fourth-order valence-corrected chi connectivity index (χ4v) is 1.21. The highest BCUT2D eigenvalue weighted by atomic mass is 16.5. The van der Waals surface area contributed by atoms with Gasteiger partial charge in [-0.25, -0.2) is 14.6 Å². The third-order valence-corrected chi connectivity index (χ3v) is 2.25. The highest BCUT2D eigenvalue weighted by molar-refractivity contribution is 5.82. The smallest absolute Gasteiger partial charge is 0.328 e. The fourth-order valence-electron chi connectivity index (χ4n) is 1.21. The number of aliphatic hydroxyl groups is 1. The van der Waals surface area contributed by atoms with Crippen LogP contribution in [0.4, 0.5) is 4.79 Å². The first kappa shape index (κ1) is 14.7. The summed E-state index contributed by atoms with van der Waals surface area (Å²) in [6, 6.07) is 1.35. The molecule has 8 nitrogen and oxygen atoms in total. The van der Waals surface area contributed by atoms with Crippen LogP contribution in [0.1, 0.15) is 5.56 Å². The van der Waals surface area contributed by atoms with Gasteiger partial charge in [-0.2, -0.15) is 0 Å². The van der Waals surface area contributed by atoms with Gasteiger partial charge in [-0.05, 0) is 5.56 Å². The van der Waals surface area contributed by atoms with Crippen LogP contribution >= 0.6 is 0 Å². The average molecular weight is 269 g/mol. The molecule has 0 aromatic carbocycles. The number of amides is 2. The lowest BCUT2D eigenvalue weighted by Gasteiger charge is -2.12. The number of ether oxygens (including phenoxy) is 1. The van der Waals surface area contributed by atoms with Crippen molar-refractivity contribution in [3.05, 3.63) is 23.9 Å². The zero-order valence-electron chi connectivity index (χ0n) is 10.3. The molecule has 0 aliphatic heterocycles. The fraction of sp³-hybridized carbons (Fsp3) is 0.364. The average Bonchev–Trinajstić information content (AvgIpc) is 2.42. The van der Waals surface area contributed by atoms with Crippen molar-refractivity contribution in [1.82, 2.24) is 15.6 Å². The van der Waals surface area contributed by atoms with Crippen LogP contribution in [0.15, 0.2) is 18.3 Å². The number of urea groups is 1. The topological polar surface area (TPSA) is 121 Å². The van der Waals surface area contributed by atoms with Crippen molar-refractivity contribution in [3.63, 3.8) is 0 Å². The van der Waals surface area contributed by atoms with E-state index in [9.17, 15) is 9.59 Å². The number of aliphatic hydroxyl groups excluding tert-OH is 1. The lowest BCUT2D eigenvalue weighted by atomic mass is 10.3. The predicted octanol–water partition coefficient (Wildman–Crippen LogP) is -0.665. The third-order valence-electron chi connectivity index (χ3n) is 2.25. The Morgan fingerprint density at radius 1 is 1.47 bits per heavy atom. The Labute approximate surface area is 109 Å². The molecule has 1 atom stereocenters. The van der Waals surface area contributed by atoms with Crippen molar-refractivity contribution in [2.24, 2.45) is 0 Å². The van der Waals surface area contributed by atoms with Crippen LogP contribution in [0.25, 0.3) is 0 Å². The maximum Gasteiger partial charge on any atom is 0.328 e. The number of aliphatic carboxylic acids is 1. The minimum atomic E-state index is -1.33. The lowest BCUT2D eigenvalue weighted by Crippen LogP contribution is -2.47. The SMILES string of the molecule is COc1ccc(CNC(=O)N[C@H](CO)C(=O)O)cn1. The van der Waals surface area contributed by atoms with Crippen molar-refractivity contribution in [1.29, 1.82) is 0 Å². The summed E-state index contributed by atoms with van der Waals surface area (Å²) in [6.07, 6.45) is 1.53. The molecule has 1 rings (SSSR count). The first-order valence-corrected chi connectivity index (χ1v) is 5.43. The number of rotatable bonds is 6. The van der Waals surface area contributed by atoms with Crippen LogP contribution in [0, 0.1) is 0 Å². The number of hydrogen-bond donors (Lipinski definition) is 4. The maximum atomic E-state index is 11.4. The lowest BCUT2D eigenvalue weighted by molar-refractivity contribution is -0.140. The first-order chi connectivity index (χ1) is 9.06. The first-order valence-electron chi connectivity index (χ1n) is 5.43. The van der Waals surface area contributed by atoms with E-state index in [0.717, 1.165) is 5.56 Å². The second kappa shape index (κ2) is 7.17.